The molecule has 1 saturated heterocycles. The van der Waals surface area contributed by atoms with E-state index in [1.165, 1.54) is 0 Å². The number of aliphatic hydroxyl groups excluding tert-OH is 1. The second-order valence-electron chi connectivity index (χ2n) is 4.86. The molecule has 3 N–H and O–H groups in total. The van der Waals surface area contributed by atoms with Crippen molar-refractivity contribution in [3.8, 4) is 0 Å². The van der Waals surface area contributed by atoms with Crippen molar-refractivity contribution < 1.29 is 14.7 Å². The molecule has 1 aliphatic rings. The predicted octanol–water partition coefficient (Wildman–Crippen LogP) is -0.668. The normalized spacial score (nSPS) is 22.3. The van der Waals surface area contributed by atoms with Crippen LogP contribution in [0.2, 0.25) is 0 Å². The first kappa shape index (κ1) is 15.9. The number of carbonyl (C=O) groups excluding carboxylic acids is 2. The molecule has 0 aromatic carbocycles. The smallest absolute Gasteiger partial charge is 0.223 e. The maximum atomic E-state index is 11.7. The average Bonchev–Trinajstić information content (AvgIpc) is 2.81. The van der Waals surface area contributed by atoms with Gasteiger partial charge in [0.05, 0.1) is 6.10 Å². The third-order valence-electron chi connectivity index (χ3n) is 3.55. The summed E-state index contributed by atoms with van der Waals surface area (Å²) in [5, 5.41) is 15.4. The zero-order valence-electron chi connectivity index (χ0n) is 11.8. The van der Waals surface area contributed by atoms with E-state index in [0.29, 0.717) is 26.2 Å². The summed E-state index contributed by atoms with van der Waals surface area (Å²) in [6, 6.07) is 0. The molecule has 0 saturated carbocycles. The van der Waals surface area contributed by atoms with Gasteiger partial charge in [0.25, 0.3) is 0 Å². The van der Waals surface area contributed by atoms with Crippen LogP contribution in [0.3, 0.4) is 0 Å². The molecule has 1 aliphatic heterocycles. The van der Waals surface area contributed by atoms with E-state index in [4.69, 9.17) is 0 Å². The van der Waals surface area contributed by atoms with E-state index in [1.54, 1.807) is 4.90 Å². The Balaban J connectivity index is 2.19. The van der Waals surface area contributed by atoms with Gasteiger partial charge >= 0.3 is 0 Å². The number of rotatable bonds is 7. The van der Waals surface area contributed by atoms with Gasteiger partial charge in [0.2, 0.25) is 11.8 Å². The van der Waals surface area contributed by atoms with Crippen LogP contribution in [0.1, 0.15) is 26.7 Å². The number of nitrogens with zero attached hydrogens (tertiary/aromatic N) is 1. The number of β-amino-alcohol motifs (C(OH)–C–C–N with tert-alkyl or cyclic N) is 1. The molecule has 1 heterocycles. The Kier molecular flexibility index (Phi) is 6.80. The number of nitrogens with one attached hydrogen (secondary N) is 2. The summed E-state index contributed by atoms with van der Waals surface area (Å²) >= 11 is 0. The van der Waals surface area contributed by atoms with Gasteiger partial charge in [-0.15, -0.1) is 0 Å². The third-order valence-corrected chi connectivity index (χ3v) is 3.55. The molecule has 6 heteroatoms. The fourth-order valence-electron chi connectivity index (χ4n) is 2.22. The average molecular weight is 271 g/mol. The third kappa shape index (κ3) is 5.16. The molecule has 0 aromatic rings. The van der Waals surface area contributed by atoms with Gasteiger partial charge in [-0.3, -0.25) is 9.59 Å². The van der Waals surface area contributed by atoms with E-state index in [-0.39, 0.29) is 30.6 Å². The van der Waals surface area contributed by atoms with Gasteiger partial charge in [0, 0.05) is 51.5 Å². The summed E-state index contributed by atoms with van der Waals surface area (Å²) < 4.78 is 0. The van der Waals surface area contributed by atoms with E-state index < -0.39 is 6.10 Å². The topological polar surface area (TPSA) is 81.7 Å². The molecule has 0 aromatic heterocycles. The minimum Gasteiger partial charge on any atom is -0.391 e. The molecule has 1 fully saturated rings. The first-order valence-corrected chi connectivity index (χ1v) is 7.01. The predicted molar refractivity (Wildman–Crippen MR) is 72.5 cm³/mol. The van der Waals surface area contributed by atoms with Crippen LogP contribution >= 0.6 is 0 Å². The lowest BCUT2D eigenvalue weighted by atomic mass is 10.1. The van der Waals surface area contributed by atoms with Crippen LogP contribution < -0.4 is 10.6 Å². The van der Waals surface area contributed by atoms with Gasteiger partial charge in [0.1, 0.15) is 0 Å². The van der Waals surface area contributed by atoms with Crippen molar-refractivity contribution in [1.29, 1.82) is 0 Å². The van der Waals surface area contributed by atoms with Crippen LogP contribution in [0.4, 0.5) is 0 Å². The van der Waals surface area contributed by atoms with Crippen molar-refractivity contribution in [2.24, 2.45) is 5.92 Å². The molecule has 0 aliphatic carbocycles. The van der Waals surface area contributed by atoms with Crippen molar-refractivity contribution in [3.63, 3.8) is 0 Å². The summed E-state index contributed by atoms with van der Waals surface area (Å²) in [5.74, 6) is -0.0373. The fraction of sp³-hybridized carbons (Fsp3) is 0.846. The second kappa shape index (κ2) is 8.12. The van der Waals surface area contributed by atoms with Gasteiger partial charge < -0.3 is 20.6 Å². The molecule has 2 amide bonds. The molecular weight excluding hydrogens is 246 g/mol. The van der Waals surface area contributed by atoms with E-state index in [2.05, 4.69) is 10.6 Å². The number of aliphatic hydroxyl groups is 1. The van der Waals surface area contributed by atoms with Gasteiger partial charge in [-0.2, -0.15) is 0 Å². The summed E-state index contributed by atoms with van der Waals surface area (Å²) in [4.78, 5) is 25.1. The molecule has 0 spiro atoms. The van der Waals surface area contributed by atoms with Gasteiger partial charge in [-0.05, 0) is 13.8 Å². The van der Waals surface area contributed by atoms with Crippen LogP contribution in [-0.4, -0.2) is 60.6 Å². The van der Waals surface area contributed by atoms with Crippen molar-refractivity contribution in [2.45, 2.75) is 32.8 Å². The molecular formula is C13H25N3O3. The molecule has 1 rings (SSSR count). The standard InChI is InChI=1S/C13H25N3O3/c1-3-16(4-2)13(19)6-5-12(18)15-8-10-7-14-9-11(10)17/h10-11,14,17H,3-9H2,1-2H3,(H,15,18). The van der Waals surface area contributed by atoms with Crippen LogP contribution in [-0.2, 0) is 9.59 Å². The zero-order valence-corrected chi connectivity index (χ0v) is 11.8. The first-order valence-electron chi connectivity index (χ1n) is 7.01. The zero-order chi connectivity index (χ0) is 14.3. The van der Waals surface area contributed by atoms with Gasteiger partial charge in [-0.1, -0.05) is 0 Å². The Labute approximate surface area is 114 Å². The highest BCUT2D eigenvalue weighted by Gasteiger charge is 2.25. The minimum absolute atomic E-state index is 0.0164. The molecule has 19 heavy (non-hydrogen) atoms. The Morgan fingerprint density at radius 3 is 2.47 bits per heavy atom. The number of carbonyl (C=O) groups is 2. The van der Waals surface area contributed by atoms with Crippen LogP contribution in [0, 0.1) is 5.92 Å². The summed E-state index contributed by atoms with van der Waals surface area (Å²) in [6.07, 6.45) is 0.0718. The lowest BCUT2D eigenvalue weighted by Crippen LogP contribution is -2.35. The lowest BCUT2D eigenvalue weighted by molar-refractivity contribution is -0.133. The maximum Gasteiger partial charge on any atom is 0.223 e. The van der Waals surface area contributed by atoms with Crippen molar-refractivity contribution in [3.05, 3.63) is 0 Å². The number of hydrogen-bond donors (Lipinski definition) is 3. The Morgan fingerprint density at radius 1 is 1.26 bits per heavy atom. The van der Waals surface area contributed by atoms with Crippen LogP contribution in [0.5, 0.6) is 0 Å². The van der Waals surface area contributed by atoms with E-state index >= 15 is 0 Å². The molecule has 0 bridgehead atoms. The number of hydrogen-bond acceptors (Lipinski definition) is 4. The summed E-state index contributed by atoms with van der Waals surface area (Å²) in [7, 11) is 0. The van der Waals surface area contributed by atoms with Gasteiger partial charge in [-0.25, -0.2) is 0 Å². The molecule has 110 valence electrons. The highest BCUT2D eigenvalue weighted by Crippen LogP contribution is 2.07. The van der Waals surface area contributed by atoms with Crippen LogP contribution in [0.25, 0.3) is 0 Å². The highest BCUT2D eigenvalue weighted by atomic mass is 16.3. The van der Waals surface area contributed by atoms with Crippen molar-refractivity contribution in [2.75, 3.05) is 32.7 Å². The molecule has 0 radical (unpaired) electrons. The maximum absolute atomic E-state index is 11.7. The Morgan fingerprint density at radius 2 is 1.95 bits per heavy atom. The largest absolute Gasteiger partial charge is 0.391 e. The van der Waals surface area contributed by atoms with E-state index in [1.807, 2.05) is 13.8 Å². The minimum atomic E-state index is -0.391. The lowest BCUT2D eigenvalue weighted by Gasteiger charge is -2.18. The summed E-state index contributed by atoms with van der Waals surface area (Å²) in [6.45, 7) is 6.98. The Bertz CT molecular complexity index is 306. The Hall–Kier alpha value is -1.14. The van der Waals surface area contributed by atoms with Gasteiger partial charge in [0.15, 0.2) is 0 Å². The second-order valence-corrected chi connectivity index (χ2v) is 4.86. The van der Waals surface area contributed by atoms with E-state index in [9.17, 15) is 14.7 Å². The number of amides is 2. The van der Waals surface area contributed by atoms with Crippen LogP contribution in [0.15, 0.2) is 0 Å². The molecule has 6 nitrogen and oxygen atoms in total. The summed E-state index contributed by atoms with van der Waals surface area (Å²) in [5.41, 5.74) is 0. The molecule has 2 unspecified atom stereocenters. The van der Waals surface area contributed by atoms with Crippen molar-refractivity contribution >= 4 is 11.8 Å². The highest BCUT2D eigenvalue weighted by molar-refractivity contribution is 5.83. The van der Waals surface area contributed by atoms with Crippen molar-refractivity contribution in [1.82, 2.24) is 15.5 Å². The van der Waals surface area contributed by atoms with E-state index in [0.717, 1.165) is 6.54 Å². The fourth-order valence-corrected chi connectivity index (χ4v) is 2.22. The SMILES string of the molecule is CCN(CC)C(=O)CCC(=O)NCC1CNCC1O. The first-order chi connectivity index (χ1) is 9.08. The quantitative estimate of drug-likeness (QED) is 0.574. The molecule has 2 atom stereocenters. The monoisotopic (exact) mass is 271 g/mol.